The largest absolute Gasteiger partial charge is 0.336 e. The Kier molecular flexibility index (Phi) is 3.72. The van der Waals surface area contributed by atoms with Gasteiger partial charge in [0.1, 0.15) is 18.2 Å². The van der Waals surface area contributed by atoms with E-state index < -0.39 is 0 Å². The molecule has 0 radical (unpaired) electrons. The van der Waals surface area contributed by atoms with E-state index in [1.54, 1.807) is 6.33 Å². The maximum Gasteiger partial charge on any atom is 0.254 e. The van der Waals surface area contributed by atoms with E-state index in [1.165, 1.54) is 6.33 Å². The number of carbonyl (C=O) groups excluding carboxylic acids is 1. The Balaban J connectivity index is 1.56. The molecule has 0 N–H and O–H groups in total. The van der Waals surface area contributed by atoms with Crippen LogP contribution in [0.2, 0.25) is 0 Å². The van der Waals surface area contributed by atoms with Crippen molar-refractivity contribution in [2.45, 2.75) is 32.4 Å². The summed E-state index contributed by atoms with van der Waals surface area (Å²) >= 11 is 0. The molecule has 3 aromatic rings. The average Bonchev–Trinajstić information content (AvgIpc) is 3.30. The van der Waals surface area contributed by atoms with E-state index in [4.69, 9.17) is 0 Å². The van der Waals surface area contributed by atoms with E-state index in [1.807, 2.05) is 39.4 Å². The van der Waals surface area contributed by atoms with Gasteiger partial charge in [0.15, 0.2) is 0 Å². The van der Waals surface area contributed by atoms with Gasteiger partial charge in [0, 0.05) is 25.2 Å². The minimum Gasteiger partial charge on any atom is -0.336 e. The first-order chi connectivity index (χ1) is 11.8. The van der Waals surface area contributed by atoms with Gasteiger partial charge in [-0.05, 0) is 38.0 Å². The number of rotatable bonds is 3. The summed E-state index contributed by atoms with van der Waals surface area (Å²) in [6, 6.07) is 5.80. The lowest BCUT2D eigenvalue weighted by atomic mass is 10.0. The molecule has 1 fully saturated rings. The Morgan fingerprint density at radius 2 is 2.29 bits per heavy atom. The summed E-state index contributed by atoms with van der Waals surface area (Å²) in [5.74, 6) is 0.0350. The van der Waals surface area contributed by atoms with Crippen LogP contribution in [0.1, 0.15) is 36.2 Å². The van der Waals surface area contributed by atoms with Gasteiger partial charge >= 0.3 is 0 Å². The topological polar surface area (TPSA) is 81.7 Å². The molecule has 0 saturated carbocycles. The quantitative estimate of drug-likeness (QED) is 0.729. The summed E-state index contributed by atoms with van der Waals surface area (Å²) in [6.07, 6.45) is 5.22. The summed E-state index contributed by atoms with van der Waals surface area (Å²) in [5, 5.41) is 12.5. The van der Waals surface area contributed by atoms with Crippen molar-refractivity contribution in [3.8, 4) is 0 Å². The molecule has 1 amide bonds. The number of carbonyl (C=O) groups is 1. The highest BCUT2D eigenvalue weighted by Crippen LogP contribution is 2.23. The van der Waals surface area contributed by atoms with Crippen molar-refractivity contribution in [3.63, 3.8) is 0 Å². The maximum atomic E-state index is 12.9. The summed E-state index contributed by atoms with van der Waals surface area (Å²) in [5.41, 5.74) is 2.37. The fraction of sp³-hybridized carbons (Fsp3) is 0.438. The van der Waals surface area contributed by atoms with E-state index in [-0.39, 0.29) is 11.9 Å². The first-order valence-electron chi connectivity index (χ1n) is 8.23. The Hall–Kier alpha value is -2.77. The summed E-state index contributed by atoms with van der Waals surface area (Å²) in [6.45, 7) is 4.20. The third kappa shape index (κ3) is 2.53. The number of hydrogen-bond acceptors (Lipinski definition) is 5. The van der Waals surface area contributed by atoms with Crippen molar-refractivity contribution in [3.05, 3.63) is 36.4 Å². The van der Waals surface area contributed by atoms with E-state index in [9.17, 15) is 4.79 Å². The molecule has 2 aromatic heterocycles. The number of aryl methyl sites for hydroxylation is 1. The molecule has 1 aliphatic heterocycles. The monoisotopic (exact) mass is 325 g/mol. The zero-order chi connectivity index (χ0) is 16.5. The standard InChI is InChI=1S/C16H19N7O/c1-2-22-15-6-5-12(8-14(15)19-20-22)16(24)21-7-3-4-13(9-21)23-11-17-10-18-23/h5-6,8,10-11,13H,2-4,7,9H2,1H3. The fourth-order valence-corrected chi connectivity index (χ4v) is 3.28. The Morgan fingerprint density at radius 3 is 3.08 bits per heavy atom. The van der Waals surface area contributed by atoms with Crippen LogP contribution in [0.5, 0.6) is 0 Å². The molecule has 124 valence electrons. The Morgan fingerprint density at radius 1 is 1.38 bits per heavy atom. The lowest BCUT2D eigenvalue weighted by Crippen LogP contribution is -2.40. The average molecular weight is 325 g/mol. The van der Waals surface area contributed by atoms with Gasteiger partial charge in [-0.3, -0.25) is 4.79 Å². The lowest BCUT2D eigenvalue weighted by molar-refractivity contribution is 0.0673. The maximum absolute atomic E-state index is 12.9. The normalized spacial score (nSPS) is 18.2. The van der Waals surface area contributed by atoms with Gasteiger partial charge in [-0.2, -0.15) is 5.10 Å². The van der Waals surface area contributed by atoms with E-state index in [0.717, 1.165) is 37.0 Å². The predicted molar refractivity (Wildman–Crippen MR) is 87.4 cm³/mol. The molecule has 1 unspecified atom stereocenters. The van der Waals surface area contributed by atoms with Crippen LogP contribution in [0, 0.1) is 0 Å². The van der Waals surface area contributed by atoms with Crippen LogP contribution in [-0.4, -0.2) is 53.7 Å². The molecule has 8 nitrogen and oxygen atoms in total. The van der Waals surface area contributed by atoms with Gasteiger partial charge in [-0.1, -0.05) is 5.21 Å². The number of benzene rings is 1. The zero-order valence-corrected chi connectivity index (χ0v) is 13.5. The number of piperidine rings is 1. The minimum absolute atomic E-state index is 0.0350. The predicted octanol–water partition coefficient (Wildman–Crippen LogP) is 1.52. The molecule has 1 saturated heterocycles. The van der Waals surface area contributed by atoms with Crippen LogP contribution in [0.25, 0.3) is 11.0 Å². The highest BCUT2D eigenvalue weighted by molar-refractivity contribution is 5.97. The second kappa shape index (κ2) is 6.03. The number of amides is 1. The third-order valence-electron chi connectivity index (χ3n) is 4.55. The van der Waals surface area contributed by atoms with Crippen LogP contribution in [-0.2, 0) is 6.54 Å². The number of fused-ring (bicyclic) bond motifs is 1. The van der Waals surface area contributed by atoms with E-state index in [0.29, 0.717) is 12.1 Å². The van der Waals surface area contributed by atoms with Crippen LogP contribution in [0.15, 0.2) is 30.9 Å². The Bertz CT molecular complexity index is 855. The van der Waals surface area contributed by atoms with Gasteiger partial charge in [-0.15, -0.1) is 5.10 Å². The minimum atomic E-state index is 0.0350. The number of aromatic nitrogens is 6. The molecule has 1 aliphatic rings. The second-order valence-corrected chi connectivity index (χ2v) is 6.03. The highest BCUT2D eigenvalue weighted by atomic mass is 16.2. The van der Waals surface area contributed by atoms with Gasteiger partial charge in [-0.25, -0.2) is 14.3 Å². The summed E-state index contributed by atoms with van der Waals surface area (Å²) in [7, 11) is 0. The molecule has 3 heterocycles. The molecule has 0 aliphatic carbocycles. The molecule has 24 heavy (non-hydrogen) atoms. The third-order valence-corrected chi connectivity index (χ3v) is 4.55. The number of hydrogen-bond donors (Lipinski definition) is 0. The summed E-state index contributed by atoms with van der Waals surface area (Å²) < 4.78 is 3.67. The number of likely N-dealkylation sites (tertiary alicyclic amines) is 1. The van der Waals surface area contributed by atoms with Crippen molar-refractivity contribution in [2.24, 2.45) is 0 Å². The van der Waals surface area contributed by atoms with Crippen molar-refractivity contribution >= 4 is 16.9 Å². The highest BCUT2D eigenvalue weighted by Gasteiger charge is 2.26. The lowest BCUT2D eigenvalue weighted by Gasteiger charge is -2.32. The smallest absolute Gasteiger partial charge is 0.254 e. The molecule has 0 bridgehead atoms. The molecular weight excluding hydrogens is 306 g/mol. The molecule has 4 rings (SSSR count). The Labute approximate surface area is 139 Å². The SMILES string of the molecule is CCn1nnc2cc(C(=O)N3CCCC(n4cncn4)C3)ccc21. The van der Waals surface area contributed by atoms with Gasteiger partial charge < -0.3 is 4.90 Å². The first kappa shape index (κ1) is 14.8. The van der Waals surface area contributed by atoms with Gasteiger partial charge in [0.25, 0.3) is 5.91 Å². The van der Waals surface area contributed by atoms with Crippen molar-refractivity contribution in [2.75, 3.05) is 13.1 Å². The molecule has 1 atom stereocenters. The van der Waals surface area contributed by atoms with Crippen molar-refractivity contribution < 1.29 is 4.79 Å². The van der Waals surface area contributed by atoms with Crippen molar-refractivity contribution in [1.82, 2.24) is 34.7 Å². The zero-order valence-electron chi connectivity index (χ0n) is 13.5. The van der Waals surface area contributed by atoms with Crippen LogP contribution in [0.4, 0.5) is 0 Å². The van der Waals surface area contributed by atoms with Crippen molar-refractivity contribution in [1.29, 1.82) is 0 Å². The van der Waals surface area contributed by atoms with Crippen LogP contribution >= 0.6 is 0 Å². The fourth-order valence-electron chi connectivity index (χ4n) is 3.28. The number of nitrogens with zero attached hydrogens (tertiary/aromatic N) is 7. The van der Waals surface area contributed by atoms with E-state index in [2.05, 4.69) is 20.4 Å². The van der Waals surface area contributed by atoms with Gasteiger partial charge in [0.2, 0.25) is 0 Å². The molecule has 8 heteroatoms. The van der Waals surface area contributed by atoms with Gasteiger partial charge in [0.05, 0.1) is 11.6 Å². The molecular formula is C16H19N7O. The van der Waals surface area contributed by atoms with Crippen LogP contribution < -0.4 is 0 Å². The molecule has 1 aromatic carbocycles. The molecule has 0 spiro atoms. The van der Waals surface area contributed by atoms with Crippen LogP contribution in [0.3, 0.4) is 0 Å². The summed E-state index contributed by atoms with van der Waals surface area (Å²) in [4.78, 5) is 18.8. The van der Waals surface area contributed by atoms with E-state index >= 15 is 0 Å². The first-order valence-corrected chi connectivity index (χ1v) is 8.23. The second-order valence-electron chi connectivity index (χ2n) is 6.03.